The molecule has 0 unspecified atom stereocenters. The minimum atomic E-state index is 0.0400. The quantitative estimate of drug-likeness (QED) is 0.795. The van der Waals surface area contributed by atoms with E-state index in [0.29, 0.717) is 16.5 Å². The van der Waals surface area contributed by atoms with Gasteiger partial charge in [-0.3, -0.25) is 9.48 Å². The average molecular weight is 277 g/mol. The third kappa shape index (κ3) is 3.04. The van der Waals surface area contributed by atoms with Crippen molar-refractivity contribution in [1.82, 2.24) is 9.78 Å². The van der Waals surface area contributed by atoms with Crippen LogP contribution in [0.4, 0.5) is 0 Å². The predicted molar refractivity (Wildman–Crippen MR) is 76.8 cm³/mol. The monoisotopic (exact) mass is 276 g/mol. The molecule has 1 heterocycles. The highest BCUT2D eigenvalue weighted by molar-refractivity contribution is 6.31. The molecule has 0 N–H and O–H groups in total. The van der Waals surface area contributed by atoms with Crippen LogP contribution in [0.25, 0.3) is 0 Å². The largest absolute Gasteiger partial charge is 0.292 e. The molecule has 0 aliphatic heterocycles. The number of hydrogen-bond acceptors (Lipinski definition) is 2. The zero-order valence-electron chi connectivity index (χ0n) is 11.4. The fraction of sp³-hybridized carbons (Fsp3) is 0.333. The number of rotatable bonds is 4. The van der Waals surface area contributed by atoms with Gasteiger partial charge in [-0.1, -0.05) is 49.7 Å². The average Bonchev–Trinajstić information content (AvgIpc) is 2.71. The summed E-state index contributed by atoms with van der Waals surface area (Å²) in [6.07, 6.45) is 1.56. The van der Waals surface area contributed by atoms with E-state index in [2.05, 4.69) is 18.9 Å². The summed E-state index contributed by atoms with van der Waals surface area (Å²) in [6, 6.07) is 7.75. The van der Waals surface area contributed by atoms with Gasteiger partial charge in [0.05, 0.1) is 16.9 Å². The number of halogens is 1. The number of hydrogen-bond donors (Lipinski definition) is 0. The molecule has 4 heteroatoms. The lowest BCUT2D eigenvalue weighted by Crippen LogP contribution is -2.13. The maximum atomic E-state index is 12.2. The smallest absolute Gasteiger partial charge is 0.184 e. The molecule has 100 valence electrons. The highest BCUT2D eigenvalue weighted by Crippen LogP contribution is 2.16. The van der Waals surface area contributed by atoms with Gasteiger partial charge in [0.15, 0.2) is 5.78 Å². The summed E-state index contributed by atoms with van der Waals surface area (Å²) in [6.45, 7) is 6.34. The van der Waals surface area contributed by atoms with Crippen LogP contribution >= 0.6 is 11.6 Å². The predicted octanol–water partition coefficient (Wildman–Crippen LogP) is 3.85. The first-order valence-electron chi connectivity index (χ1n) is 6.30. The maximum Gasteiger partial charge on any atom is 0.184 e. The number of carbonyl (C=O) groups is 1. The van der Waals surface area contributed by atoms with Gasteiger partial charge >= 0.3 is 0 Å². The van der Waals surface area contributed by atoms with Crippen molar-refractivity contribution in [3.05, 3.63) is 52.3 Å². The number of benzene rings is 1. The molecule has 2 rings (SSSR count). The fourth-order valence-electron chi connectivity index (χ4n) is 1.86. The molecular weight excluding hydrogens is 260 g/mol. The van der Waals surface area contributed by atoms with E-state index in [1.807, 2.05) is 31.2 Å². The van der Waals surface area contributed by atoms with Crippen molar-refractivity contribution in [2.45, 2.75) is 33.2 Å². The Morgan fingerprint density at radius 1 is 1.32 bits per heavy atom. The second-order valence-electron chi connectivity index (χ2n) is 4.94. The van der Waals surface area contributed by atoms with Crippen LogP contribution in [-0.4, -0.2) is 15.6 Å². The summed E-state index contributed by atoms with van der Waals surface area (Å²) >= 11 is 5.92. The van der Waals surface area contributed by atoms with Crippen LogP contribution in [0.1, 0.15) is 41.4 Å². The molecule has 1 aromatic heterocycles. The summed E-state index contributed by atoms with van der Waals surface area (Å²) < 4.78 is 1.63. The van der Waals surface area contributed by atoms with Gasteiger partial charge in [0, 0.05) is 5.56 Å². The van der Waals surface area contributed by atoms with Gasteiger partial charge in [-0.15, -0.1) is 0 Å². The summed E-state index contributed by atoms with van der Waals surface area (Å²) in [5, 5.41) is 4.68. The third-order valence-corrected chi connectivity index (χ3v) is 3.61. The van der Waals surface area contributed by atoms with E-state index in [0.717, 1.165) is 5.69 Å². The number of aromatic nitrogens is 2. The molecule has 0 aliphatic rings. The molecule has 0 saturated carbocycles. The zero-order valence-corrected chi connectivity index (χ0v) is 12.1. The molecule has 2 aromatic rings. The van der Waals surface area contributed by atoms with Crippen molar-refractivity contribution in [1.29, 1.82) is 0 Å². The molecule has 0 radical (unpaired) electrons. The van der Waals surface area contributed by atoms with Gasteiger partial charge in [0.1, 0.15) is 6.54 Å². The minimum absolute atomic E-state index is 0.0400. The standard InChI is InChI=1S/C15H17ClN2O/c1-10(2)12-4-6-13(7-5-12)15(19)9-18-11(3)14(16)8-17-18/h4-8,10H,9H2,1-3H3. The van der Waals surface area contributed by atoms with E-state index in [-0.39, 0.29) is 12.3 Å². The molecule has 1 aromatic carbocycles. The Kier molecular flexibility index (Phi) is 4.05. The van der Waals surface area contributed by atoms with E-state index in [1.165, 1.54) is 5.56 Å². The van der Waals surface area contributed by atoms with Gasteiger partial charge in [-0.25, -0.2) is 0 Å². The summed E-state index contributed by atoms with van der Waals surface area (Å²) in [5.74, 6) is 0.509. The maximum absolute atomic E-state index is 12.2. The first-order chi connectivity index (χ1) is 8.99. The van der Waals surface area contributed by atoms with Gasteiger partial charge in [0.2, 0.25) is 0 Å². The third-order valence-electron chi connectivity index (χ3n) is 3.24. The van der Waals surface area contributed by atoms with Crippen LogP contribution in [0, 0.1) is 6.92 Å². The molecule has 0 atom stereocenters. The SMILES string of the molecule is Cc1c(Cl)cnn1CC(=O)c1ccc(C(C)C)cc1. The Morgan fingerprint density at radius 3 is 2.42 bits per heavy atom. The van der Waals surface area contributed by atoms with Gasteiger partial charge in [0.25, 0.3) is 0 Å². The normalized spacial score (nSPS) is 11.0. The molecule has 0 bridgehead atoms. The van der Waals surface area contributed by atoms with Crippen LogP contribution in [0.3, 0.4) is 0 Å². The van der Waals surface area contributed by atoms with Crippen LogP contribution in [-0.2, 0) is 6.54 Å². The molecule has 3 nitrogen and oxygen atoms in total. The molecular formula is C15H17ClN2O. The van der Waals surface area contributed by atoms with Crippen molar-refractivity contribution < 1.29 is 4.79 Å². The summed E-state index contributed by atoms with van der Waals surface area (Å²) in [7, 11) is 0. The second-order valence-corrected chi connectivity index (χ2v) is 5.34. The van der Waals surface area contributed by atoms with Crippen LogP contribution in [0.5, 0.6) is 0 Å². The molecule has 0 aliphatic carbocycles. The zero-order chi connectivity index (χ0) is 14.0. The lowest BCUT2D eigenvalue weighted by Gasteiger charge is -2.07. The first kappa shape index (κ1) is 13.8. The molecule has 0 fully saturated rings. The Hall–Kier alpha value is -1.61. The van der Waals surface area contributed by atoms with Crippen LogP contribution in [0.15, 0.2) is 30.5 Å². The lowest BCUT2D eigenvalue weighted by molar-refractivity contribution is 0.0967. The second kappa shape index (κ2) is 5.57. The van der Waals surface area contributed by atoms with Crippen molar-refractivity contribution in [2.24, 2.45) is 0 Å². The number of Topliss-reactive ketones (excluding diaryl/α,β-unsaturated/α-hetero) is 1. The van der Waals surface area contributed by atoms with Crippen molar-refractivity contribution in [2.75, 3.05) is 0 Å². The van der Waals surface area contributed by atoms with Crippen LogP contribution in [0.2, 0.25) is 5.02 Å². The van der Waals surface area contributed by atoms with E-state index < -0.39 is 0 Å². The van der Waals surface area contributed by atoms with Crippen molar-refractivity contribution in [3.8, 4) is 0 Å². The van der Waals surface area contributed by atoms with E-state index in [4.69, 9.17) is 11.6 Å². The highest BCUT2D eigenvalue weighted by atomic mass is 35.5. The lowest BCUT2D eigenvalue weighted by atomic mass is 10.0. The van der Waals surface area contributed by atoms with Gasteiger partial charge in [-0.2, -0.15) is 5.10 Å². The Balaban J connectivity index is 2.14. The molecule has 0 amide bonds. The van der Waals surface area contributed by atoms with Gasteiger partial charge < -0.3 is 0 Å². The highest BCUT2D eigenvalue weighted by Gasteiger charge is 2.11. The summed E-state index contributed by atoms with van der Waals surface area (Å²) in [5.41, 5.74) is 2.75. The van der Waals surface area contributed by atoms with E-state index >= 15 is 0 Å². The summed E-state index contributed by atoms with van der Waals surface area (Å²) in [4.78, 5) is 12.2. The van der Waals surface area contributed by atoms with Gasteiger partial charge in [-0.05, 0) is 18.4 Å². The van der Waals surface area contributed by atoms with Crippen LogP contribution < -0.4 is 0 Å². The molecule has 19 heavy (non-hydrogen) atoms. The van der Waals surface area contributed by atoms with Crippen molar-refractivity contribution in [3.63, 3.8) is 0 Å². The Morgan fingerprint density at radius 2 is 1.95 bits per heavy atom. The number of carbonyl (C=O) groups excluding carboxylic acids is 1. The molecule has 0 spiro atoms. The minimum Gasteiger partial charge on any atom is -0.292 e. The van der Waals surface area contributed by atoms with E-state index in [1.54, 1.807) is 10.9 Å². The fourth-order valence-corrected chi connectivity index (χ4v) is 2.01. The van der Waals surface area contributed by atoms with Crippen molar-refractivity contribution >= 4 is 17.4 Å². The van der Waals surface area contributed by atoms with E-state index in [9.17, 15) is 4.79 Å². The Labute approximate surface area is 118 Å². The molecule has 0 saturated heterocycles. The number of ketones is 1. The Bertz CT molecular complexity index is 585. The first-order valence-corrected chi connectivity index (χ1v) is 6.68. The topological polar surface area (TPSA) is 34.9 Å². The number of nitrogens with zero attached hydrogens (tertiary/aromatic N) is 2.